The molecule has 2 aromatic rings. The monoisotopic (exact) mass is 327 g/mol. The number of hydrogen-bond donors (Lipinski definition) is 1. The maximum Gasteiger partial charge on any atom is 0.0545 e. The number of hydrogen-bond acceptors (Lipinski definition) is 3. The van der Waals surface area contributed by atoms with Crippen LogP contribution < -0.4 is 0 Å². The lowest BCUT2D eigenvalue weighted by Gasteiger charge is -2.24. The van der Waals surface area contributed by atoms with Crippen molar-refractivity contribution in [3.8, 4) is 10.4 Å². The molecule has 4 atom stereocenters. The second-order valence-electron chi connectivity index (χ2n) is 7.32. The summed E-state index contributed by atoms with van der Waals surface area (Å²) < 4.78 is 0. The predicted octanol–water partition coefficient (Wildman–Crippen LogP) is 4.40. The molecular formula is C20H25NOS. The van der Waals surface area contributed by atoms with Gasteiger partial charge in [-0.3, -0.25) is 4.90 Å². The summed E-state index contributed by atoms with van der Waals surface area (Å²) in [6.45, 7) is 1.05. The van der Waals surface area contributed by atoms with Crippen LogP contribution in [0.1, 0.15) is 30.6 Å². The van der Waals surface area contributed by atoms with Crippen LogP contribution in [0.5, 0.6) is 0 Å². The van der Waals surface area contributed by atoms with E-state index < -0.39 is 0 Å². The molecule has 4 rings (SSSR count). The highest BCUT2D eigenvalue weighted by Crippen LogP contribution is 2.45. The molecule has 2 fully saturated rings. The third-order valence-corrected chi connectivity index (χ3v) is 6.83. The Bertz CT molecular complexity index is 639. The van der Waals surface area contributed by atoms with Gasteiger partial charge in [0.25, 0.3) is 0 Å². The molecule has 0 radical (unpaired) electrons. The van der Waals surface area contributed by atoms with Crippen molar-refractivity contribution in [3.63, 3.8) is 0 Å². The zero-order chi connectivity index (χ0) is 15.8. The first kappa shape index (κ1) is 15.4. The third-order valence-electron chi connectivity index (χ3n) is 5.71. The van der Waals surface area contributed by atoms with Crippen LogP contribution in [0, 0.1) is 11.8 Å². The van der Waals surface area contributed by atoms with E-state index >= 15 is 0 Å². The van der Waals surface area contributed by atoms with Crippen LogP contribution in [0.4, 0.5) is 0 Å². The van der Waals surface area contributed by atoms with Gasteiger partial charge in [-0.1, -0.05) is 30.3 Å². The predicted molar refractivity (Wildman–Crippen MR) is 96.5 cm³/mol. The average molecular weight is 327 g/mol. The molecule has 2 saturated carbocycles. The first-order valence-electron chi connectivity index (χ1n) is 8.71. The molecule has 2 nitrogen and oxygen atoms in total. The second-order valence-corrected chi connectivity index (χ2v) is 8.49. The van der Waals surface area contributed by atoms with E-state index in [9.17, 15) is 5.11 Å². The highest BCUT2D eigenvalue weighted by Gasteiger charge is 2.42. The van der Waals surface area contributed by atoms with Crippen LogP contribution in [-0.2, 0) is 6.54 Å². The molecule has 2 unspecified atom stereocenters. The van der Waals surface area contributed by atoms with Crippen molar-refractivity contribution in [1.82, 2.24) is 4.90 Å². The number of rotatable bonds is 4. The SMILES string of the molecule is CN(Cc1ccc(-c2ccccc2)s1)C1C[C@H]2CC(O)C[C@H]2C1. The van der Waals surface area contributed by atoms with Crippen LogP contribution in [-0.4, -0.2) is 29.2 Å². The minimum absolute atomic E-state index is 0.0259. The lowest BCUT2D eigenvalue weighted by molar-refractivity contribution is 0.158. The summed E-state index contributed by atoms with van der Waals surface area (Å²) in [5.74, 6) is 1.53. The van der Waals surface area contributed by atoms with Crippen molar-refractivity contribution < 1.29 is 5.11 Å². The summed E-state index contributed by atoms with van der Waals surface area (Å²) in [4.78, 5) is 5.34. The Morgan fingerprint density at radius 2 is 1.70 bits per heavy atom. The zero-order valence-electron chi connectivity index (χ0n) is 13.7. The van der Waals surface area contributed by atoms with Gasteiger partial charge < -0.3 is 5.11 Å². The zero-order valence-corrected chi connectivity index (χ0v) is 14.5. The van der Waals surface area contributed by atoms with Crippen molar-refractivity contribution in [3.05, 3.63) is 47.3 Å². The smallest absolute Gasteiger partial charge is 0.0545 e. The van der Waals surface area contributed by atoms with E-state index in [1.807, 2.05) is 11.3 Å². The van der Waals surface area contributed by atoms with Crippen molar-refractivity contribution in [2.75, 3.05) is 7.05 Å². The normalized spacial score (nSPS) is 30.0. The Morgan fingerprint density at radius 3 is 2.39 bits per heavy atom. The molecule has 0 amide bonds. The van der Waals surface area contributed by atoms with Crippen molar-refractivity contribution in [1.29, 1.82) is 0 Å². The van der Waals surface area contributed by atoms with Gasteiger partial charge in [0.2, 0.25) is 0 Å². The largest absolute Gasteiger partial charge is 0.393 e. The van der Waals surface area contributed by atoms with Crippen LogP contribution in [0.15, 0.2) is 42.5 Å². The van der Waals surface area contributed by atoms with Gasteiger partial charge in [-0.25, -0.2) is 0 Å². The molecule has 122 valence electrons. The van der Waals surface area contributed by atoms with E-state index in [1.54, 1.807) is 0 Å². The molecule has 23 heavy (non-hydrogen) atoms. The molecule has 2 aliphatic rings. The second kappa shape index (κ2) is 6.39. The highest BCUT2D eigenvalue weighted by atomic mass is 32.1. The molecule has 0 aliphatic heterocycles. The fraction of sp³-hybridized carbons (Fsp3) is 0.500. The average Bonchev–Trinajstić information content (AvgIpc) is 3.22. The fourth-order valence-electron chi connectivity index (χ4n) is 4.51. The molecule has 2 aliphatic carbocycles. The molecule has 0 bridgehead atoms. The van der Waals surface area contributed by atoms with E-state index in [0.717, 1.165) is 31.2 Å². The molecule has 1 N–H and O–H groups in total. The topological polar surface area (TPSA) is 23.5 Å². The number of thiophene rings is 1. The van der Waals surface area contributed by atoms with Crippen molar-refractivity contribution in [2.45, 2.75) is 44.4 Å². The van der Waals surface area contributed by atoms with Gasteiger partial charge >= 0.3 is 0 Å². The van der Waals surface area contributed by atoms with Gasteiger partial charge in [0.1, 0.15) is 0 Å². The van der Waals surface area contributed by atoms with Gasteiger partial charge in [0.05, 0.1) is 6.10 Å². The van der Waals surface area contributed by atoms with E-state index in [-0.39, 0.29) is 6.10 Å². The first-order chi connectivity index (χ1) is 11.2. The van der Waals surface area contributed by atoms with Gasteiger partial charge in [-0.05, 0) is 62.3 Å². The lowest BCUT2D eigenvalue weighted by atomic mass is 10.0. The molecule has 1 aromatic carbocycles. The molecule has 0 spiro atoms. The van der Waals surface area contributed by atoms with Crippen molar-refractivity contribution >= 4 is 11.3 Å². The number of aliphatic hydroxyl groups excluding tert-OH is 1. The summed E-state index contributed by atoms with van der Waals surface area (Å²) in [5.41, 5.74) is 1.32. The quantitative estimate of drug-likeness (QED) is 0.900. The Hall–Kier alpha value is -1.16. The molecule has 0 saturated heterocycles. The summed E-state index contributed by atoms with van der Waals surface area (Å²) >= 11 is 1.91. The highest BCUT2D eigenvalue weighted by molar-refractivity contribution is 7.15. The van der Waals surface area contributed by atoms with Gasteiger partial charge in [-0.2, -0.15) is 0 Å². The van der Waals surface area contributed by atoms with Gasteiger partial charge in [0.15, 0.2) is 0 Å². The summed E-state index contributed by atoms with van der Waals surface area (Å²) in [5, 5.41) is 9.79. The Morgan fingerprint density at radius 1 is 1.00 bits per heavy atom. The van der Waals surface area contributed by atoms with Crippen molar-refractivity contribution in [2.24, 2.45) is 11.8 Å². The number of fused-ring (bicyclic) bond motifs is 1. The van der Waals surface area contributed by atoms with Gasteiger partial charge in [-0.15, -0.1) is 11.3 Å². The lowest BCUT2D eigenvalue weighted by Crippen LogP contribution is -2.29. The molecule has 3 heteroatoms. The molecular weight excluding hydrogens is 302 g/mol. The maximum absolute atomic E-state index is 9.79. The van der Waals surface area contributed by atoms with E-state index in [2.05, 4.69) is 54.4 Å². The Labute approximate surface area is 142 Å². The van der Waals surface area contributed by atoms with Crippen LogP contribution in [0.2, 0.25) is 0 Å². The third kappa shape index (κ3) is 3.23. The molecule has 1 aromatic heterocycles. The Kier molecular flexibility index (Phi) is 4.27. The minimum atomic E-state index is -0.0259. The number of nitrogens with zero attached hydrogens (tertiary/aromatic N) is 1. The van der Waals surface area contributed by atoms with Crippen LogP contribution >= 0.6 is 11.3 Å². The standard InChI is InChI=1S/C20H25NOS/c1-21(17-9-15-11-18(22)12-16(15)10-17)13-19-7-8-20(23-19)14-5-3-2-4-6-14/h2-8,15-18,22H,9-13H2,1H3/t15-,16+,17?,18?. The van der Waals surface area contributed by atoms with Crippen LogP contribution in [0.3, 0.4) is 0 Å². The summed E-state index contributed by atoms with van der Waals surface area (Å²) in [7, 11) is 2.27. The maximum atomic E-state index is 9.79. The molecule has 1 heterocycles. The Balaban J connectivity index is 1.38. The summed E-state index contributed by atoms with van der Waals surface area (Å²) in [6, 6.07) is 15.9. The van der Waals surface area contributed by atoms with E-state index in [1.165, 1.54) is 28.2 Å². The van der Waals surface area contributed by atoms with E-state index in [0.29, 0.717) is 6.04 Å². The summed E-state index contributed by atoms with van der Waals surface area (Å²) in [6.07, 6.45) is 4.59. The fourth-order valence-corrected chi connectivity index (χ4v) is 5.58. The number of aliphatic hydroxyl groups is 1. The van der Waals surface area contributed by atoms with E-state index in [4.69, 9.17) is 0 Å². The minimum Gasteiger partial charge on any atom is -0.393 e. The van der Waals surface area contributed by atoms with Crippen LogP contribution in [0.25, 0.3) is 10.4 Å². The first-order valence-corrected chi connectivity index (χ1v) is 9.53. The van der Waals surface area contributed by atoms with Gasteiger partial charge in [0, 0.05) is 22.3 Å². The number of benzene rings is 1.